The van der Waals surface area contributed by atoms with E-state index in [1.807, 2.05) is 6.92 Å². The molecular formula is C23H34F3N5O7. The van der Waals surface area contributed by atoms with Gasteiger partial charge in [0, 0.05) is 17.7 Å². The lowest BCUT2D eigenvalue weighted by molar-refractivity contribution is -0.166. The molecule has 1 aromatic carbocycles. The fraction of sp³-hybridized carbons (Fsp3) is 0.652. The molecule has 1 aliphatic rings. The van der Waals surface area contributed by atoms with Gasteiger partial charge in [-0.1, -0.05) is 19.1 Å². The Labute approximate surface area is 218 Å². The quantitative estimate of drug-likeness (QED) is 0.166. The summed E-state index contributed by atoms with van der Waals surface area (Å²) in [5, 5.41) is 11.4. The van der Waals surface area contributed by atoms with Crippen LogP contribution in [0.4, 0.5) is 18.0 Å². The maximum Gasteiger partial charge on any atom is 0.442 e. The standard InChI is InChI=1S/C23H34F3N5O7/c1-2-19(29-21(27)33)38-16-15-37-14-13-36-12-11-35-10-9-34-8-7-28-20(32)17-3-5-18(6-4-17)22(30-31-22)23(24,25)26/h3-6,19H,2,7-16H2,1H3,(H,28,32)(H3,27,29,33). The first kappa shape index (κ1) is 31.4. The summed E-state index contributed by atoms with van der Waals surface area (Å²) in [6.07, 6.45) is -4.45. The lowest BCUT2D eigenvalue weighted by Crippen LogP contribution is -2.40. The van der Waals surface area contributed by atoms with Gasteiger partial charge in [-0.2, -0.15) is 13.2 Å². The van der Waals surface area contributed by atoms with Crippen LogP contribution in [-0.2, 0) is 29.3 Å². The van der Waals surface area contributed by atoms with E-state index in [0.29, 0.717) is 59.3 Å². The Morgan fingerprint density at radius 3 is 1.84 bits per heavy atom. The first-order valence-corrected chi connectivity index (χ1v) is 12.1. The van der Waals surface area contributed by atoms with Crippen molar-refractivity contribution in [3.8, 4) is 0 Å². The van der Waals surface area contributed by atoms with Crippen molar-refractivity contribution in [3.63, 3.8) is 0 Å². The number of carbonyl (C=O) groups is 2. The second-order valence-electron chi connectivity index (χ2n) is 7.93. The van der Waals surface area contributed by atoms with E-state index in [1.165, 1.54) is 24.3 Å². The number of nitrogens with one attached hydrogen (secondary N) is 2. The first-order valence-electron chi connectivity index (χ1n) is 12.1. The Bertz CT molecular complexity index is 881. The molecule has 1 aliphatic heterocycles. The lowest BCUT2D eigenvalue weighted by atomic mass is 10.0. The summed E-state index contributed by atoms with van der Waals surface area (Å²) in [6, 6.07) is 4.35. The zero-order valence-electron chi connectivity index (χ0n) is 21.1. The van der Waals surface area contributed by atoms with Gasteiger partial charge in [0.2, 0.25) is 0 Å². The van der Waals surface area contributed by atoms with E-state index in [-0.39, 0.29) is 24.3 Å². The van der Waals surface area contributed by atoms with Crippen LogP contribution in [0.5, 0.6) is 0 Å². The van der Waals surface area contributed by atoms with Crippen LogP contribution in [-0.4, -0.2) is 90.3 Å². The highest BCUT2D eigenvalue weighted by molar-refractivity contribution is 5.94. The van der Waals surface area contributed by atoms with Crippen molar-refractivity contribution in [2.24, 2.45) is 16.0 Å². The van der Waals surface area contributed by atoms with Gasteiger partial charge in [-0.15, -0.1) is 10.2 Å². The minimum atomic E-state index is -4.61. The maximum atomic E-state index is 13.0. The highest BCUT2D eigenvalue weighted by Gasteiger charge is 2.65. The summed E-state index contributed by atoms with van der Waals surface area (Å²) in [4.78, 5) is 22.9. The van der Waals surface area contributed by atoms with E-state index in [4.69, 9.17) is 29.4 Å². The number of carbonyl (C=O) groups excluding carboxylic acids is 2. The molecule has 3 amide bonds. The molecular weight excluding hydrogens is 515 g/mol. The molecule has 0 saturated carbocycles. The van der Waals surface area contributed by atoms with E-state index in [2.05, 4.69) is 20.9 Å². The molecule has 2 rings (SSSR count). The molecule has 1 aromatic rings. The van der Waals surface area contributed by atoms with E-state index < -0.39 is 30.0 Å². The van der Waals surface area contributed by atoms with Gasteiger partial charge in [0.25, 0.3) is 5.91 Å². The van der Waals surface area contributed by atoms with Crippen LogP contribution in [0.15, 0.2) is 34.5 Å². The van der Waals surface area contributed by atoms with Gasteiger partial charge in [0.1, 0.15) is 6.23 Å². The number of benzene rings is 1. The van der Waals surface area contributed by atoms with Crippen molar-refractivity contribution in [1.82, 2.24) is 10.6 Å². The summed E-state index contributed by atoms with van der Waals surface area (Å²) in [7, 11) is 0. The Kier molecular flexibility index (Phi) is 13.4. The molecule has 214 valence electrons. The molecule has 12 nitrogen and oxygen atoms in total. The SMILES string of the molecule is CCC(NC(N)=O)OCCOCCOCCOCCOCCNC(=O)c1ccc(C2(C(F)(F)F)N=N2)cc1. The monoisotopic (exact) mass is 549 g/mol. The molecule has 1 unspecified atom stereocenters. The van der Waals surface area contributed by atoms with Crippen LogP contribution in [0.3, 0.4) is 0 Å². The zero-order valence-corrected chi connectivity index (χ0v) is 21.1. The van der Waals surface area contributed by atoms with Gasteiger partial charge in [0.05, 0.1) is 59.5 Å². The summed E-state index contributed by atoms with van der Waals surface area (Å²) in [6.45, 7) is 5.24. The number of amides is 3. The smallest absolute Gasteiger partial charge is 0.377 e. The predicted molar refractivity (Wildman–Crippen MR) is 127 cm³/mol. The number of hydrogen-bond donors (Lipinski definition) is 3. The second kappa shape index (κ2) is 16.2. The van der Waals surface area contributed by atoms with Crippen molar-refractivity contribution in [2.45, 2.75) is 31.4 Å². The van der Waals surface area contributed by atoms with Crippen LogP contribution < -0.4 is 16.4 Å². The minimum Gasteiger partial charge on any atom is -0.377 e. The first-order chi connectivity index (χ1) is 18.2. The number of nitrogens with two attached hydrogens (primary N) is 1. The highest BCUT2D eigenvalue weighted by atomic mass is 19.4. The molecule has 15 heteroatoms. The van der Waals surface area contributed by atoms with E-state index in [9.17, 15) is 22.8 Å². The van der Waals surface area contributed by atoms with Crippen molar-refractivity contribution < 1.29 is 46.4 Å². The number of nitrogens with zero attached hydrogens (tertiary/aromatic N) is 2. The fourth-order valence-corrected chi connectivity index (χ4v) is 3.07. The minimum absolute atomic E-state index is 0.132. The molecule has 4 N–H and O–H groups in total. The third-order valence-electron chi connectivity index (χ3n) is 5.11. The Morgan fingerprint density at radius 2 is 1.39 bits per heavy atom. The van der Waals surface area contributed by atoms with Gasteiger partial charge in [-0.3, -0.25) is 4.79 Å². The van der Waals surface area contributed by atoms with E-state index in [0.717, 1.165) is 0 Å². The third kappa shape index (κ3) is 10.9. The Balaban J connectivity index is 1.38. The van der Waals surface area contributed by atoms with E-state index >= 15 is 0 Å². The Morgan fingerprint density at radius 1 is 0.895 bits per heavy atom. The molecule has 0 aromatic heterocycles. The number of primary amides is 1. The molecule has 0 bridgehead atoms. The van der Waals surface area contributed by atoms with Crippen molar-refractivity contribution in [2.75, 3.05) is 66.0 Å². The number of hydrogen-bond acceptors (Lipinski definition) is 9. The van der Waals surface area contributed by atoms with Crippen LogP contribution in [0.2, 0.25) is 0 Å². The molecule has 0 spiro atoms. The van der Waals surface area contributed by atoms with Crippen LogP contribution in [0.1, 0.15) is 29.3 Å². The topological polar surface area (TPSA) is 155 Å². The number of urea groups is 1. The largest absolute Gasteiger partial charge is 0.442 e. The molecule has 1 heterocycles. The lowest BCUT2D eigenvalue weighted by Gasteiger charge is -2.16. The number of alkyl halides is 3. The van der Waals surface area contributed by atoms with Crippen molar-refractivity contribution in [3.05, 3.63) is 35.4 Å². The molecule has 0 fully saturated rings. The van der Waals surface area contributed by atoms with Crippen molar-refractivity contribution >= 4 is 11.9 Å². The van der Waals surface area contributed by atoms with E-state index in [1.54, 1.807) is 0 Å². The average Bonchev–Trinajstić information content (AvgIpc) is 3.70. The number of rotatable bonds is 20. The van der Waals surface area contributed by atoms with Crippen molar-refractivity contribution in [1.29, 1.82) is 0 Å². The zero-order chi connectivity index (χ0) is 27.9. The second-order valence-corrected chi connectivity index (χ2v) is 7.93. The molecule has 0 aliphatic carbocycles. The third-order valence-corrected chi connectivity index (χ3v) is 5.11. The van der Waals surface area contributed by atoms with Gasteiger partial charge in [0.15, 0.2) is 0 Å². The Hall–Kier alpha value is -2.85. The normalized spacial score (nSPS) is 14.7. The maximum absolute atomic E-state index is 13.0. The van der Waals surface area contributed by atoms with Gasteiger partial charge in [-0.25, -0.2) is 4.79 Å². The van der Waals surface area contributed by atoms with Gasteiger partial charge < -0.3 is 40.1 Å². The summed E-state index contributed by atoms with van der Waals surface area (Å²) in [5.74, 6) is -0.430. The molecule has 38 heavy (non-hydrogen) atoms. The predicted octanol–water partition coefficient (Wildman–Crippen LogP) is 2.08. The van der Waals surface area contributed by atoms with Crippen LogP contribution >= 0.6 is 0 Å². The molecule has 0 radical (unpaired) electrons. The van der Waals surface area contributed by atoms with Gasteiger partial charge >= 0.3 is 17.9 Å². The summed E-state index contributed by atoms with van der Waals surface area (Å²) < 4.78 is 65.9. The van der Waals surface area contributed by atoms with Gasteiger partial charge in [-0.05, 0) is 18.6 Å². The van der Waals surface area contributed by atoms with Crippen LogP contribution in [0, 0.1) is 0 Å². The molecule has 0 saturated heterocycles. The molecule has 1 atom stereocenters. The van der Waals surface area contributed by atoms with Crippen LogP contribution in [0.25, 0.3) is 0 Å². The number of halogens is 3. The fourth-order valence-electron chi connectivity index (χ4n) is 3.07. The summed E-state index contributed by atoms with van der Waals surface area (Å²) >= 11 is 0. The summed E-state index contributed by atoms with van der Waals surface area (Å²) in [5.41, 5.74) is 2.63. The average molecular weight is 550 g/mol. The highest BCUT2D eigenvalue weighted by Crippen LogP contribution is 2.52. The number of ether oxygens (including phenoxy) is 5.